The number of rotatable bonds is 3. The summed E-state index contributed by atoms with van der Waals surface area (Å²) in [6, 6.07) is 13.8. The van der Waals surface area contributed by atoms with Gasteiger partial charge in [-0.05, 0) is 36.8 Å². The number of anilines is 1. The Balaban J connectivity index is 1.23. The number of hydrogen-bond acceptors (Lipinski definition) is 7. The number of nitrogens with two attached hydrogens (primary N) is 1. The monoisotopic (exact) mass is 413 g/mol. The van der Waals surface area contributed by atoms with Gasteiger partial charge in [-0.15, -0.1) is 0 Å². The van der Waals surface area contributed by atoms with Gasteiger partial charge in [-0.1, -0.05) is 12.1 Å². The van der Waals surface area contributed by atoms with Gasteiger partial charge in [0.05, 0.1) is 34.3 Å². The molecule has 1 unspecified atom stereocenters. The van der Waals surface area contributed by atoms with Gasteiger partial charge in [0.25, 0.3) is 0 Å². The van der Waals surface area contributed by atoms with Crippen LogP contribution < -0.4 is 16.0 Å². The fourth-order valence-electron chi connectivity index (χ4n) is 4.89. The number of aliphatic imine (C=N–C) groups is 1. The number of benzene rings is 1. The molecule has 0 aliphatic carbocycles. The van der Waals surface area contributed by atoms with E-state index < -0.39 is 0 Å². The van der Waals surface area contributed by atoms with E-state index in [1.165, 1.54) is 5.56 Å². The molecule has 3 aliphatic rings. The van der Waals surface area contributed by atoms with Crippen LogP contribution in [0.3, 0.4) is 0 Å². The molecule has 0 amide bonds. The first-order valence-corrected chi connectivity index (χ1v) is 11.1. The lowest BCUT2D eigenvalue weighted by Crippen LogP contribution is -2.64. The van der Waals surface area contributed by atoms with Crippen LogP contribution in [0.15, 0.2) is 47.6 Å². The number of nitrogens with one attached hydrogen (secondary N) is 1. The summed E-state index contributed by atoms with van der Waals surface area (Å²) in [5.41, 5.74) is 13.0. The topological polar surface area (TPSA) is 82.7 Å². The maximum atomic E-state index is 5.89. The van der Waals surface area contributed by atoms with Gasteiger partial charge in [0, 0.05) is 56.8 Å². The fraction of sp³-hybridized carbons (Fsp3) is 0.375. The van der Waals surface area contributed by atoms with Crippen molar-refractivity contribution in [1.29, 1.82) is 0 Å². The normalized spacial score (nSPS) is 21.8. The molecule has 0 saturated carbocycles. The van der Waals surface area contributed by atoms with Gasteiger partial charge in [-0.2, -0.15) is 0 Å². The van der Waals surface area contributed by atoms with Crippen LogP contribution >= 0.6 is 0 Å². The Kier molecular flexibility index (Phi) is 4.40. The fourth-order valence-corrected chi connectivity index (χ4v) is 4.89. The minimum atomic E-state index is 0.578. The second-order valence-corrected chi connectivity index (χ2v) is 8.96. The van der Waals surface area contributed by atoms with Crippen molar-refractivity contribution < 1.29 is 0 Å². The van der Waals surface area contributed by atoms with Crippen molar-refractivity contribution in [3.8, 4) is 11.3 Å². The second-order valence-electron chi connectivity index (χ2n) is 8.96. The lowest BCUT2D eigenvalue weighted by molar-refractivity contribution is 0.127. The van der Waals surface area contributed by atoms with E-state index in [9.17, 15) is 0 Å². The van der Waals surface area contributed by atoms with E-state index in [4.69, 9.17) is 10.7 Å². The molecule has 0 spiro atoms. The van der Waals surface area contributed by atoms with Crippen molar-refractivity contribution in [1.82, 2.24) is 20.2 Å². The SMILES string of the molecule is CC1CN(C2CN(c3cnc4ccc(-c5ccc6c(c5)N=C(N)C6)nc4c3)C2)CCN1. The lowest BCUT2D eigenvalue weighted by Gasteiger charge is -2.48. The Bertz CT molecular complexity index is 1180. The van der Waals surface area contributed by atoms with Crippen molar-refractivity contribution in [2.45, 2.75) is 25.4 Å². The number of nitrogens with zero attached hydrogens (tertiary/aromatic N) is 5. The lowest BCUT2D eigenvalue weighted by atomic mass is 10.0. The maximum absolute atomic E-state index is 5.89. The number of aromatic nitrogens is 2. The maximum Gasteiger partial charge on any atom is 0.104 e. The minimum absolute atomic E-state index is 0.578. The number of piperazine rings is 1. The summed E-state index contributed by atoms with van der Waals surface area (Å²) in [7, 11) is 0. The summed E-state index contributed by atoms with van der Waals surface area (Å²) in [4.78, 5) is 19.1. The molecule has 3 aromatic rings. The number of pyridine rings is 2. The van der Waals surface area contributed by atoms with E-state index in [1.54, 1.807) is 0 Å². The molecule has 2 aromatic heterocycles. The quantitative estimate of drug-likeness (QED) is 0.686. The predicted octanol–water partition coefficient (Wildman–Crippen LogP) is 2.32. The third kappa shape index (κ3) is 3.43. The molecule has 7 heteroatoms. The van der Waals surface area contributed by atoms with Gasteiger partial charge in [0.15, 0.2) is 0 Å². The van der Waals surface area contributed by atoms with Crippen LogP contribution in [0, 0.1) is 0 Å². The molecule has 158 valence electrons. The van der Waals surface area contributed by atoms with Gasteiger partial charge < -0.3 is 16.0 Å². The highest BCUT2D eigenvalue weighted by molar-refractivity contribution is 5.92. The van der Waals surface area contributed by atoms with Crippen LogP contribution in [0.2, 0.25) is 0 Å². The molecule has 7 nitrogen and oxygen atoms in total. The Morgan fingerprint density at radius 2 is 1.97 bits per heavy atom. The van der Waals surface area contributed by atoms with Crippen LogP contribution in [-0.4, -0.2) is 65.5 Å². The van der Waals surface area contributed by atoms with E-state index in [-0.39, 0.29) is 0 Å². The average Bonchev–Trinajstić information content (AvgIpc) is 3.11. The van der Waals surface area contributed by atoms with Crippen molar-refractivity contribution in [2.24, 2.45) is 10.7 Å². The Morgan fingerprint density at radius 3 is 2.84 bits per heavy atom. The van der Waals surface area contributed by atoms with E-state index in [1.807, 2.05) is 18.3 Å². The molecular formula is C24H27N7. The molecule has 0 bridgehead atoms. The highest BCUT2D eigenvalue weighted by atomic mass is 15.3. The molecule has 5 heterocycles. The van der Waals surface area contributed by atoms with E-state index >= 15 is 0 Å². The number of hydrogen-bond donors (Lipinski definition) is 2. The predicted molar refractivity (Wildman–Crippen MR) is 125 cm³/mol. The Morgan fingerprint density at radius 1 is 1.06 bits per heavy atom. The molecule has 2 saturated heterocycles. The van der Waals surface area contributed by atoms with Crippen molar-refractivity contribution in [2.75, 3.05) is 37.6 Å². The van der Waals surface area contributed by atoms with Crippen molar-refractivity contribution in [3.63, 3.8) is 0 Å². The second kappa shape index (κ2) is 7.28. The Labute approximate surface area is 182 Å². The van der Waals surface area contributed by atoms with Crippen LogP contribution in [0.25, 0.3) is 22.3 Å². The minimum Gasteiger partial charge on any atom is -0.387 e. The summed E-state index contributed by atoms with van der Waals surface area (Å²) < 4.78 is 0. The van der Waals surface area contributed by atoms with Gasteiger partial charge in [0.2, 0.25) is 0 Å². The summed E-state index contributed by atoms with van der Waals surface area (Å²) in [5.74, 6) is 0.676. The first kappa shape index (κ1) is 18.7. The number of fused-ring (bicyclic) bond motifs is 2. The summed E-state index contributed by atoms with van der Waals surface area (Å²) in [5, 5.41) is 3.53. The summed E-state index contributed by atoms with van der Waals surface area (Å²) >= 11 is 0. The molecule has 2 fully saturated rings. The van der Waals surface area contributed by atoms with Crippen LogP contribution in [-0.2, 0) is 6.42 Å². The first-order valence-electron chi connectivity index (χ1n) is 11.1. The van der Waals surface area contributed by atoms with E-state index in [2.05, 4.69) is 56.3 Å². The molecule has 31 heavy (non-hydrogen) atoms. The molecular weight excluding hydrogens is 386 g/mol. The smallest absolute Gasteiger partial charge is 0.104 e. The zero-order chi connectivity index (χ0) is 20.9. The average molecular weight is 414 g/mol. The largest absolute Gasteiger partial charge is 0.387 e. The molecule has 0 radical (unpaired) electrons. The van der Waals surface area contributed by atoms with E-state index in [0.29, 0.717) is 17.9 Å². The third-order valence-corrected chi connectivity index (χ3v) is 6.68. The third-order valence-electron chi connectivity index (χ3n) is 6.68. The molecule has 1 aromatic carbocycles. The molecule has 6 rings (SSSR count). The van der Waals surface area contributed by atoms with Crippen LogP contribution in [0.4, 0.5) is 11.4 Å². The van der Waals surface area contributed by atoms with Crippen LogP contribution in [0.1, 0.15) is 12.5 Å². The standard InChI is InChI=1S/C24H27N7/c1-15-12-30(7-6-26-15)19-13-31(14-19)18-10-23-21(27-11-18)5-4-20(28-23)16-2-3-17-9-24(25)29-22(17)8-16/h2-5,8,10-11,15,19,26H,6-7,9,12-14H2,1H3,(H2,25,29). The molecule has 3 aliphatic heterocycles. The summed E-state index contributed by atoms with van der Waals surface area (Å²) in [6.07, 6.45) is 2.71. The highest BCUT2D eigenvalue weighted by Gasteiger charge is 2.33. The van der Waals surface area contributed by atoms with Crippen molar-refractivity contribution >= 4 is 28.2 Å². The van der Waals surface area contributed by atoms with Crippen LogP contribution in [0.5, 0.6) is 0 Å². The van der Waals surface area contributed by atoms with Gasteiger partial charge >= 0.3 is 0 Å². The molecule has 1 atom stereocenters. The van der Waals surface area contributed by atoms with Gasteiger partial charge in [-0.3, -0.25) is 9.88 Å². The van der Waals surface area contributed by atoms with Crippen molar-refractivity contribution in [3.05, 3.63) is 48.2 Å². The number of amidine groups is 1. The zero-order valence-electron chi connectivity index (χ0n) is 17.8. The van der Waals surface area contributed by atoms with Gasteiger partial charge in [-0.25, -0.2) is 9.98 Å². The first-order chi connectivity index (χ1) is 15.1. The summed E-state index contributed by atoms with van der Waals surface area (Å²) in [6.45, 7) is 7.74. The zero-order valence-corrected chi connectivity index (χ0v) is 17.8. The van der Waals surface area contributed by atoms with Gasteiger partial charge in [0.1, 0.15) is 5.84 Å². The molecule has 3 N–H and O–H groups in total. The Hall–Kier alpha value is -3.03. The highest BCUT2D eigenvalue weighted by Crippen LogP contribution is 2.32. The van der Waals surface area contributed by atoms with E-state index in [0.717, 1.165) is 72.8 Å².